The Morgan fingerprint density at radius 2 is 1.44 bits per heavy atom. The number of carboxylic acids is 1. The fourth-order valence-electron chi connectivity index (χ4n) is 2.40. The Morgan fingerprint density at radius 1 is 0.889 bits per heavy atom. The van der Waals surface area contributed by atoms with Crippen LogP contribution in [-0.2, 0) is 19.2 Å². The second kappa shape index (κ2) is 12.3. The van der Waals surface area contributed by atoms with Gasteiger partial charge in [-0.2, -0.15) is 0 Å². The lowest BCUT2D eigenvalue weighted by molar-refractivity contribution is -0.144. The van der Waals surface area contributed by atoms with E-state index in [1.165, 1.54) is 0 Å². The molecule has 0 saturated carbocycles. The van der Waals surface area contributed by atoms with Crippen LogP contribution in [0.3, 0.4) is 0 Å². The minimum atomic E-state index is -1.18. The Morgan fingerprint density at radius 3 is 1.85 bits per heavy atom. The average Bonchev–Trinajstić information content (AvgIpc) is 2.60. The number of nitrogens with one attached hydrogen (secondary N) is 3. The van der Waals surface area contributed by atoms with E-state index in [0.29, 0.717) is 12.8 Å². The number of hydrogen-bond acceptors (Lipinski definition) is 5. The number of carboxylic acid groups (broad SMARTS) is 1. The molecule has 0 aliphatic heterocycles. The van der Waals surface area contributed by atoms with E-state index in [1.54, 1.807) is 20.8 Å². The van der Waals surface area contributed by atoms with E-state index in [2.05, 4.69) is 16.0 Å². The van der Waals surface area contributed by atoms with Crippen LogP contribution in [0, 0.1) is 11.8 Å². The summed E-state index contributed by atoms with van der Waals surface area (Å²) in [5, 5.41) is 26.1. The van der Waals surface area contributed by atoms with Gasteiger partial charge in [0.05, 0.1) is 6.61 Å². The van der Waals surface area contributed by atoms with Gasteiger partial charge in [-0.25, -0.2) is 4.79 Å². The van der Waals surface area contributed by atoms with Gasteiger partial charge in [0.25, 0.3) is 0 Å². The first kappa shape index (κ1) is 24.8. The topological polar surface area (TPSA) is 145 Å². The van der Waals surface area contributed by atoms with Crippen molar-refractivity contribution in [1.82, 2.24) is 16.0 Å². The summed E-state index contributed by atoms with van der Waals surface area (Å²) in [6.45, 7) is 8.13. The Labute approximate surface area is 160 Å². The Hall–Kier alpha value is -2.16. The zero-order valence-corrected chi connectivity index (χ0v) is 16.7. The SMILES string of the molecule is CCCC(=O)NC(CO)C(=O)NC(C(=O)NC(C(=O)O)C(C)CC)C(C)C. The van der Waals surface area contributed by atoms with Crippen LogP contribution in [0.4, 0.5) is 0 Å². The molecule has 0 saturated heterocycles. The van der Waals surface area contributed by atoms with Crippen molar-refractivity contribution in [3.8, 4) is 0 Å². The normalized spacial score (nSPS) is 15.4. The summed E-state index contributed by atoms with van der Waals surface area (Å²) in [6, 6.07) is -3.25. The molecule has 156 valence electrons. The molecule has 4 atom stereocenters. The molecule has 4 unspecified atom stereocenters. The van der Waals surface area contributed by atoms with Gasteiger partial charge in [0.15, 0.2) is 0 Å². The molecule has 0 aromatic heterocycles. The third-order valence-corrected chi connectivity index (χ3v) is 4.34. The lowest BCUT2D eigenvalue weighted by atomic mass is 9.97. The molecule has 0 bridgehead atoms. The minimum absolute atomic E-state index is 0.215. The number of rotatable bonds is 12. The van der Waals surface area contributed by atoms with Crippen LogP contribution >= 0.6 is 0 Å². The number of aliphatic carboxylic acids is 1. The van der Waals surface area contributed by atoms with Crippen LogP contribution in [0.5, 0.6) is 0 Å². The van der Waals surface area contributed by atoms with E-state index in [-0.39, 0.29) is 24.2 Å². The third kappa shape index (κ3) is 8.38. The summed E-state index contributed by atoms with van der Waals surface area (Å²) < 4.78 is 0. The van der Waals surface area contributed by atoms with Gasteiger partial charge < -0.3 is 26.2 Å². The van der Waals surface area contributed by atoms with Gasteiger partial charge in [-0.15, -0.1) is 0 Å². The maximum atomic E-state index is 12.6. The summed E-state index contributed by atoms with van der Waals surface area (Å²) in [5.41, 5.74) is 0. The third-order valence-electron chi connectivity index (χ3n) is 4.34. The second-order valence-electron chi connectivity index (χ2n) is 6.99. The highest BCUT2D eigenvalue weighted by atomic mass is 16.4. The average molecular weight is 387 g/mol. The molecule has 5 N–H and O–H groups in total. The molecular weight excluding hydrogens is 354 g/mol. The molecule has 9 nitrogen and oxygen atoms in total. The minimum Gasteiger partial charge on any atom is -0.480 e. The summed E-state index contributed by atoms with van der Waals surface area (Å²) in [7, 11) is 0. The molecular formula is C18H33N3O6. The molecule has 0 aromatic rings. The number of amides is 3. The highest BCUT2D eigenvalue weighted by Gasteiger charge is 2.32. The Kier molecular flexibility index (Phi) is 11.3. The van der Waals surface area contributed by atoms with Gasteiger partial charge in [-0.1, -0.05) is 41.0 Å². The van der Waals surface area contributed by atoms with E-state index < -0.39 is 42.5 Å². The molecule has 27 heavy (non-hydrogen) atoms. The van der Waals surface area contributed by atoms with Crippen molar-refractivity contribution in [3.05, 3.63) is 0 Å². The molecule has 0 aliphatic rings. The summed E-state index contributed by atoms with van der Waals surface area (Å²) >= 11 is 0. The zero-order valence-electron chi connectivity index (χ0n) is 16.7. The number of aliphatic hydroxyl groups excluding tert-OH is 1. The Bertz CT molecular complexity index is 523. The first-order chi connectivity index (χ1) is 12.6. The lowest BCUT2D eigenvalue weighted by Gasteiger charge is -2.27. The van der Waals surface area contributed by atoms with Crippen molar-refractivity contribution in [1.29, 1.82) is 0 Å². The summed E-state index contributed by atoms with van der Waals surface area (Å²) in [6.07, 6.45) is 1.37. The van der Waals surface area contributed by atoms with Crippen LogP contribution in [0.25, 0.3) is 0 Å². The smallest absolute Gasteiger partial charge is 0.326 e. The zero-order chi connectivity index (χ0) is 21.1. The standard InChI is InChI=1S/C18H33N3O6/c1-6-8-13(23)19-12(9-22)16(24)20-14(10(3)4)17(25)21-15(18(26)27)11(5)7-2/h10-12,14-15,22H,6-9H2,1-5H3,(H,19,23)(H,20,24)(H,21,25)(H,26,27). The quantitative estimate of drug-likeness (QED) is 0.319. The summed E-state index contributed by atoms with van der Waals surface area (Å²) in [4.78, 5) is 48.0. The number of aliphatic hydroxyl groups is 1. The molecule has 9 heteroatoms. The fraction of sp³-hybridized carbons (Fsp3) is 0.778. The molecule has 0 aliphatic carbocycles. The molecule has 0 rings (SSSR count). The van der Waals surface area contributed by atoms with Gasteiger partial charge in [0, 0.05) is 6.42 Å². The first-order valence-electron chi connectivity index (χ1n) is 9.32. The Balaban J connectivity index is 5.14. The van der Waals surface area contributed by atoms with Crippen molar-refractivity contribution in [3.63, 3.8) is 0 Å². The van der Waals surface area contributed by atoms with Gasteiger partial charge in [0.2, 0.25) is 17.7 Å². The lowest BCUT2D eigenvalue weighted by Crippen LogP contribution is -2.58. The number of carbonyl (C=O) groups excluding carboxylic acids is 3. The molecule has 0 heterocycles. The first-order valence-corrected chi connectivity index (χ1v) is 9.32. The molecule has 0 spiro atoms. The number of hydrogen-bond donors (Lipinski definition) is 5. The predicted octanol–water partition coefficient (Wildman–Crippen LogP) is 0.0199. The van der Waals surface area contributed by atoms with Gasteiger partial charge in [-0.3, -0.25) is 14.4 Å². The highest BCUT2D eigenvalue weighted by Crippen LogP contribution is 2.10. The van der Waals surface area contributed by atoms with E-state index in [1.807, 2.05) is 13.8 Å². The van der Waals surface area contributed by atoms with Crippen molar-refractivity contribution < 1.29 is 29.4 Å². The van der Waals surface area contributed by atoms with Crippen LogP contribution in [0.2, 0.25) is 0 Å². The van der Waals surface area contributed by atoms with Gasteiger partial charge in [-0.05, 0) is 18.3 Å². The van der Waals surface area contributed by atoms with Crippen molar-refractivity contribution in [2.75, 3.05) is 6.61 Å². The highest BCUT2D eigenvalue weighted by molar-refractivity contribution is 5.93. The maximum absolute atomic E-state index is 12.6. The van der Waals surface area contributed by atoms with Crippen LogP contribution in [0.15, 0.2) is 0 Å². The number of carbonyl (C=O) groups is 4. The van der Waals surface area contributed by atoms with E-state index in [0.717, 1.165) is 0 Å². The monoisotopic (exact) mass is 387 g/mol. The van der Waals surface area contributed by atoms with Crippen molar-refractivity contribution in [2.45, 2.75) is 72.0 Å². The van der Waals surface area contributed by atoms with E-state index in [9.17, 15) is 29.4 Å². The summed E-state index contributed by atoms with van der Waals surface area (Å²) in [5.74, 6) is -3.46. The maximum Gasteiger partial charge on any atom is 0.326 e. The molecule has 0 radical (unpaired) electrons. The van der Waals surface area contributed by atoms with E-state index >= 15 is 0 Å². The van der Waals surface area contributed by atoms with Crippen molar-refractivity contribution >= 4 is 23.7 Å². The molecule has 3 amide bonds. The van der Waals surface area contributed by atoms with Crippen LogP contribution in [-0.4, -0.2) is 58.6 Å². The second-order valence-corrected chi connectivity index (χ2v) is 6.99. The predicted molar refractivity (Wildman–Crippen MR) is 99.7 cm³/mol. The van der Waals surface area contributed by atoms with Gasteiger partial charge >= 0.3 is 5.97 Å². The van der Waals surface area contributed by atoms with Gasteiger partial charge in [0.1, 0.15) is 18.1 Å². The fourth-order valence-corrected chi connectivity index (χ4v) is 2.40. The van der Waals surface area contributed by atoms with Crippen molar-refractivity contribution in [2.24, 2.45) is 11.8 Å². The van der Waals surface area contributed by atoms with E-state index in [4.69, 9.17) is 0 Å². The van der Waals surface area contributed by atoms with Crippen LogP contribution in [0.1, 0.15) is 53.9 Å². The molecule has 0 fully saturated rings. The molecule has 0 aromatic carbocycles. The van der Waals surface area contributed by atoms with Crippen LogP contribution < -0.4 is 16.0 Å². The largest absolute Gasteiger partial charge is 0.480 e.